The van der Waals surface area contributed by atoms with E-state index in [0.29, 0.717) is 6.10 Å². The molecule has 2 fully saturated rings. The summed E-state index contributed by atoms with van der Waals surface area (Å²) in [5, 5.41) is 6.89. The average Bonchev–Trinajstić information content (AvgIpc) is 2.52. The summed E-state index contributed by atoms with van der Waals surface area (Å²) in [6.45, 7) is 7.31. The molecular formula is C17H29NO4. The van der Waals surface area contributed by atoms with Gasteiger partial charge in [-0.3, -0.25) is 4.79 Å². The van der Waals surface area contributed by atoms with E-state index in [-0.39, 0.29) is 12.1 Å². The molecule has 0 radical (unpaired) electrons. The number of hydrogen-bond acceptors (Lipinski definition) is 4. The third-order valence-corrected chi connectivity index (χ3v) is 4.83. The molecule has 3 aliphatic heterocycles. The van der Waals surface area contributed by atoms with Crippen molar-refractivity contribution in [2.24, 2.45) is 0 Å². The molecule has 0 saturated carbocycles. The minimum Gasteiger partial charge on any atom is -0.483 e. The second-order valence-corrected chi connectivity index (χ2v) is 6.55. The summed E-state index contributed by atoms with van der Waals surface area (Å²) in [6.07, 6.45) is 10.1. The Hall–Kier alpha value is -0.910. The molecule has 1 N–H and O–H groups in total. The number of nitrogens with zero attached hydrogens (tertiary/aromatic N) is 1. The van der Waals surface area contributed by atoms with Crippen LogP contribution in [-0.2, 0) is 14.3 Å². The fourth-order valence-electron chi connectivity index (χ4n) is 3.62. The van der Waals surface area contributed by atoms with Crippen LogP contribution < -0.4 is 0 Å². The zero-order chi connectivity index (χ0) is 15.8. The van der Waals surface area contributed by atoms with Crippen molar-refractivity contribution in [2.75, 3.05) is 32.8 Å². The molecule has 1 unspecified atom stereocenters. The third kappa shape index (κ3) is 5.07. The predicted molar refractivity (Wildman–Crippen MR) is 85.0 cm³/mol. The largest absolute Gasteiger partial charge is 0.483 e. The molecule has 3 heterocycles. The second-order valence-electron chi connectivity index (χ2n) is 6.55. The molecule has 0 aromatic rings. The van der Waals surface area contributed by atoms with E-state index in [4.69, 9.17) is 19.4 Å². The van der Waals surface area contributed by atoms with Crippen molar-refractivity contribution in [3.05, 3.63) is 11.6 Å². The minimum atomic E-state index is -0.250. The van der Waals surface area contributed by atoms with Crippen molar-refractivity contribution < 1.29 is 19.4 Å². The highest BCUT2D eigenvalue weighted by Crippen LogP contribution is 2.33. The van der Waals surface area contributed by atoms with Gasteiger partial charge in [-0.25, -0.2) is 0 Å². The standard InChI is InChI=1S/C16H27NO2.CH2O2/c1-14-5-11-19-16(12-14)6-8-17(9-7-16)13-15-4-2-3-10-18-15;2-1-3/h12,15H,2-11,13H2,1H3;1H,(H,2,3). The lowest BCUT2D eigenvalue weighted by atomic mass is 9.87. The van der Waals surface area contributed by atoms with E-state index < -0.39 is 0 Å². The van der Waals surface area contributed by atoms with Gasteiger partial charge in [-0.15, -0.1) is 0 Å². The lowest BCUT2D eigenvalue weighted by Crippen LogP contribution is -2.48. The summed E-state index contributed by atoms with van der Waals surface area (Å²) in [7, 11) is 0. The van der Waals surface area contributed by atoms with Crippen molar-refractivity contribution in [3.8, 4) is 0 Å². The number of carbonyl (C=O) groups is 1. The van der Waals surface area contributed by atoms with E-state index in [1.54, 1.807) is 0 Å². The van der Waals surface area contributed by atoms with Crippen LogP contribution in [0.15, 0.2) is 11.6 Å². The predicted octanol–water partition coefficient (Wildman–Crippen LogP) is 2.46. The molecule has 22 heavy (non-hydrogen) atoms. The van der Waals surface area contributed by atoms with E-state index in [1.807, 2.05) is 0 Å². The van der Waals surface area contributed by atoms with Gasteiger partial charge in [0.2, 0.25) is 0 Å². The van der Waals surface area contributed by atoms with Gasteiger partial charge in [-0.05, 0) is 45.4 Å². The van der Waals surface area contributed by atoms with Crippen LogP contribution in [0.1, 0.15) is 45.4 Å². The van der Waals surface area contributed by atoms with Crippen molar-refractivity contribution in [1.29, 1.82) is 0 Å². The lowest BCUT2D eigenvalue weighted by molar-refractivity contribution is -0.122. The van der Waals surface area contributed by atoms with Gasteiger partial charge in [0.15, 0.2) is 0 Å². The molecule has 5 nitrogen and oxygen atoms in total. The van der Waals surface area contributed by atoms with Crippen LogP contribution in [0.4, 0.5) is 0 Å². The van der Waals surface area contributed by atoms with Crippen molar-refractivity contribution in [3.63, 3.8) is 0 Å². The topological polar surface area (TPSA) is 59.0 Å². The first-order valence-corrected chi connectivity index (χ1v) is 8.41. The van der Waals surface area contributed by atoms with E-state index in [1.165, 1.54) is 24.8 Å². The molecule has 0 aromatic heterocycles. The van der Waals surface area contributed by atoms with Crippen molar-refractivity contribution in [2.45, 2.75) is 57.2 Å². The first-order valence-electron chi connectivity index (χ1n) is 8.41. The molecule has 0 aromatic carbocycles. The molecule has 126 valence electrons. The number of piperidine rings is 1. The average molecular weight is 311 g/mol. The Morgan fingerprint density at radius 2 is 2.09 bits per heavy atom. The van der Waals surface area contributed by atoms with Crippen LogP contribution in [0, 0.1) is 0 Å². The first kappa shape index (κ1) is 17.4. The normalized spacial score (nSPS) is 28.4. The lowest BCUT2D eigenvalue weighted by Gasteiger charge is -2.43. The zero-order valence-electron chi connectivity index (χ0n) is 13.6. The molecule has 3 aliphatic rings. The zero-order valence-corrected chi connectivity index (χ0v) is 13.6. The molecule has 0 aliphatic carbocycles. The Labute approximate surface area is 133 Å². The van der Waals surface area contributed by atoms with Gasteiger partial charge in [0, 0.05) is 26.2 Å². The summed E-state index contributed by atoms with van der Waals surface area (Å²) in [5.41, 5.74) is 1.57. The quantitative estimate of drug-likeness (QED) is 0.627. The smallest absolute Gasteiger partial charge is 0.290 e. The van der Waals surface area contributed by atoms with Crippen LogP contribution >= 0.6 is 0 Å². The Balaban J connectivity index is 0.000000545. The van der Waals surface area contributed by atoms with Crippen LogP contribution in [0.25, 0.3) is 0 Å². The van der Waals surface area contributed by atoms with Gasteiger partial charge in [-0.1, -0.05) is 11.6 Å². The third-order valence-electron chi connectivity index (χ3n) is 4.83. The molecule has 1 spiro atoms. The van der Waals surface area contributed by atoms with E-state index in [0.717, 1.165) is 52.1 Å². The highest BCUT2D eigenvalue weighted by atomic mass is 16.5. The number of likely N-dealkylation sites (tertiary alicyclic amines) is 1. The van der Waals surface area contributed by atoms with Crippen LogP contribution in [-0.4, -0.2) is 61.0 Å². The fraction of sp³-hybridized carbons (Fsp3) is 0.824. The summed E-state index contributed by atoms with van der Waals surface area (Å²) >= 11 is 0. The molecule has 1 atom stereocenters. The minimum absolute atomic E-state index is 0.0618. The van der Waals surface area contributed by atoms with Crippen LogP contribution in [0.2, 0.25) is 0 Å². The van der Waals surface area contributed by atoms with E-state index in [2.05, 4.69) is 17.9 Å². The van der Waals surface area contributed by atoms with Gasteiger partial charge in [0.1, 0.15) is 0 Å². The highest BCUT2D eigenvalue weighted by Gasteiger charge is 2.35. The maximum Gasteiger partial charge on any atom is 0.290 e. The number of ether oxygens (including phenoxy) is 2. The molecule has 0 bridgehead atoms. The Kier molecular flexibility index (Phi) is 6.86. The Morgan fingerprint density at radius 3 is 2.68 bits per heavy atom. The summed E-state index contributed by atoms with van der Waals surface area (Å²) in [4.78, 5) is 10.9. The SMILES string of the molecule is CC1=CC2(CCN(CC3CCCCO3)CC2)OCC1.O=CO. The molecule has 3 rings (SSSR count). The summed E-state index contributed by atoms with van der Waals surface area (Å²) in [5.74, 6) is 0. The van der Waals surface area contributed by atoms with Crippen molar-refractivity contribution in [1.82, 2.24) is 4.90 Å². The van der Waals surface area contributed by atoms with Gasteiger partial charge in [0.05, 0.1) is 18.3 Å². The second kappa shape index (κ2) is 8.65. The Morgan fingerprint density at radius 1 is 1.36 bits per heavy atom. The molecule has 2 saturated heterocycles. The van der Waals surface area contributed by atoms with Crippen LogP contribution in [0.3, 0.4) is 0 Å². The van der Waals surface area contributed by atoms with Gasteiger partial charge < -0.3 is 19.5 Å². The number of hydrogen-bond donors (Lipinski definition) is 1. The Bertz CT molecular complexity index is 369. The fourth-order valence-corrected chi connectivity index (χ4v) is 3.62. The molecule has 0 amide bonds. The van der Waals surface area contributed by atoms with Crippen LogP contribution in [0.5, 0.6) is 0 Å². The van der Waals surface area contributed by atoms with Gasteiger partial charge in [-0.2, -0.15) is 0 Å². The highest BCUT2D eigenvalue weighted by molar-refractivity contribution is 5.32. The monoisotopic (exact) mass is 311 g/mol. The number of carboxylic acid groups (broad SMARTS) is 1. The summed E-state index contributed by atoms with van der Waals surface area (Å²) < 4.78 is 11.9. The maximum absolute atomic E-state index is 8.36. The van der Waals surface area contributed by atoms with Gasteiger partial charge in [0.25, 0.3) is 6.47 Å². The van der Waals surface area contributed by atoms with E-state index >= 15 is 0 Å². The van der Waals surface area contributed by atoms with Gasteiger partial charge >= 0.3 is 0 Å². The first-order chi connectivity index (χ1) is 10.7. The molecular weight excluding hydrogens is 282 g/mol. The number of rotatable bonds is 2. The van der Waals surface area contributed by atoms with Crippen molar-refractivity contribution >= 4 is 6.47 Å². The molecule has 5 heteroatoms. The summed E-state index contributed by atoms with van der Waals surface area (Å²) in [6, 6.07) is 0. The maximum atomic E-state index is 8.36. The van der Waals surface area contributed by atoms with E-state index in [9.17, 15) is 0 Å².